The number of amides is 6. The molecule has 2 fully saturated rings. The van der Waals surface area contributed by atoms with Crippen LogP contribution in [0.15, 0.2) is 126 Å². The van der Waals surface area contributed by atoms with E-state index >= 15 is 0 Å². The van der Waals surface area contributed by atoms with Gasteiger partial charge in [0.05, 0.1) is 12.1 Å². The van der Waals surface area contributed by atoms with Crippen molar-refractivity contribution in [1.29, 1.82) is 0 Å². The van der Waals surface area contributed by atoms with Crippen LogP contribution in [0.2, 0.25) is 0 Å². The number of rotatable bonds is 10. The van der Waals surface area contributed by atoms with Gasteiger partial charge >= 0.3 is 54.5 Å². The van der Waals surface area contributed by atoms with Gasteiger partial charge in [0, 0.05) is 50.2 Å². The first-order valence-electron chi connectivity index (χ1n) is 32.0. The van der Waals surface area contributed by atoms with Crippen molar-refractivity contribution in [2.24, 2.45) is 9.98 Å². The summed E-state index contributed by atoms with van der Waals surface area (Å²) in [6.07, 6.45) is -1.76. The number of benzene rings is 4. The number of aliphatic imine (C=N–C) groups is 2. The molecule has 2 aliphatic heterocycles. The van der Waals surface area contributed by atoms with E-state index in [1.165, 1.54) is 10.9 Å². The molecule has 0 bridgehead atoms. The van der Waals surface area contributed by atoms with Crippen LogP contribution >= 0.6 is 0 Å². The lowest BCUT2D eigenvalue weighted by Crippen LogP contribution is -2.47. The molecule has 3 heterocycles. The molecule has 6 amide bonds. The second-order valence-electron chi connectivity index (χ2n) is 28.5. The summed E-state index contributed by atoms with van der Waals surface area (Å²) >= 11 is 0. The normalized spacial score (nSPS) is 17.3. The number of aliphatic carboxylic acids is 2. The topological polar surface area (TPSA) is 344 Å². The maximum absolute atomic E-state index is 13.3. The quantitative estimate of drug-likeness (QED) is 0.0375. The van der Waals surface area contributed by atoms with Gasteiger partial charge in [-0.1, -0.05) is 97.1 Å². The summed E-state index contributed by atoms with van der Waals surface area (Å²) in [5.41, 5.74) is 4.96. The molecule has 4 aromatic carbocycles. The molecule has 2 aliphatic carbocycles. The lowest BCUT2D eigenvalue weighted by Gasteiger charge is -2.23. The van der Waals surface area contributed by atoms with Gasteiger partial charge in [0.1, 0.15) is 65.6 Å². The average molecular weight is 1360 g/mol. The Morgan fingerprint density at radius 3 is 1.28 bits per heavy atom. The Bertz CT molecular complexity index is 3670. The zero-order chi connectivity index (χ0) is 72.2. The van der Waals surface area contributed by atoms with Gasteiger partial charge < -0.3 is 48.7 Å². The van der Waals surface area contributed by atoms with E-state index in [-0.39, 0.29) is 69.2 Å². The van der Waals surface area contributed by atoms with Gasteiger partial charge in [0.25, 0.3) is 0 Å². The van der Waals surface area contributed by atoms with Crippen LogP contribution in [0.3, 0.4) is 0 Å². The third-order valence-corrected chi connectivity index (χ3v) is 14.7. The zero-order valence-electron chi connectivity index (χ0n) is 58.0. The standard InChI is InChI=1S/C31H38N4O8.C25H28N2O6.C15H23N3O4/c1-30(2,3)42-27(38)33-26(34-28(39)43-31(4,5)6)32-18-15-24(25(36)37)35(16-18)29(40)41-17-23-21-13-9-7-11-19(21)20-12-8-10-14-22(20)23;1-25(2,3)33-23(30)26-15-12-21(22(28)29)27(13-15)24(31)32-14-20-18-10-6-4-8-16(18)17-9-5-7-11-19(17)20;1-14(2,3)21-12(19)10-11(18-9-7-8-16-18)17-13(20)22-15(4,5)6/h7-14,18,23-24H,15-17H2,1-6H3,(H,36,37)(H2,32,33,34,38,39);4-11,15,20-21H,12-14H2,1-3H3,(H,26,30)(H,28,29);7-9H,10H2,1-6H3/t18-,24+;15-,21+;/m11./s1. The second-order valence-corrected chi connectivity index (χ2v) is 28.5. The van der Waals surface area contributed by atoms with Crippen molar-refractivity contribution in [2.75, 3.05) is 26.3 Å². The maximum atomic E-state index is 13.3. The number of aromatic nitrogens is 2. The minimum atomic E-state index is -1.23. The van der Waals surface area contributed by atoms with Crippen molar-refractivity contribution >= 4 is 66.3 Å². The summed E-state index contributed by atoms with van der Waals surface area (Å²) in [5, 5.41) is 30.9. The molecule has 4 atom stereocenters. The molecule has 5 N–H and O–H groups in total. The highest BCUT2D eigenvalue weighted by Gasteiger charge is 2.44. The largest absolute Gasteiger partial charge is 0.480 e. The van der Waals surface area contributed by atoms with E-state index in [0.717, 1.165) is 54.3 Å². The number of likely N-dealkylation sites (tertiary alicyclic amines) is 2. The third-order valence-electron chi connectivity index (χ3n) is 14.7. The molecule has 27 heteroatoms. The summed E-state index contributed by atoms with van der Waals surface area (Å²) in [5.74, 6) is -3.34. The van der Waals surface area contributed by atoms with Crippen molar-refractivity contribution in [3.63, 3.8) is 0 Å². The van der Waals surface area contributed by atoms with E-state index in [9.17, 15) is 53.4 Å². The van der Waals surface area contributed by atoms with Gasteiger partial charge in [-0.05, 0) is 154 Å². The Balaban J connectivity index is 0.000000218. The number of nitrogens with one attached hydrogen (secondary N) is 3. The number of guanidine groups is 1. The van der Waals surface area contributed by atoms with Crippen LogP contribution in [0.5, 0.6) is 0 Å². The number of alkyl carbamates (subject to hydrolysis) is 3. The van der Waals surface area contributed by atoms with E-state index < -0.39 is 107 Å². The highest BCUT2D eigenvalue weighted by molar-refractivity contribution is 6.03. The minimum Gasteiger partial charge on any atom is -0.480 e. The number of hydrogen-bond donors (Lipinski definition) is 5. The summed E-state index contributed by atoms with van der Waals surface area (Å²) in [7, 11) is 0. The lowest BCUT2D eigenvalue weighted by molar-refractivity contribution is -0.153. The molecule has 0 unspecified atom stereocenters. The van der Waals surface area contributed by atoms with Crippen LogP contribution in [-0.4, -0.2) is 175 Å². The Labute approximate surface area is 569 Å². The highest BCUT2D eigenvalue weighted by atomic mass is 16.6. The van der Waals surface area contributed by atoms with Gasteiger partial charge in [-0.2, -0.15) is 10.1 Å². The van der Waals surface area contributed by atoms with Crippen molar-refractivity contribution < 1.29 is 86.5 Å². The number of carbonyl (C=O) groups excluding carboxylic acids is 7. The number of carboxylic acids is 2. The molecule has 4 aliphatic rings. The van der Waals surface area contributed by atoms with Gasteiger partial charge in [0.2, 0.25) is 5.96 Å². The Morgan fingerprint density at radius 1 is 0.500 bits per heavy atom. The molecule has 9 rings (SSSR count). The average Bonchev–Trinajstić information content (AvgIpc) is 1.61. The van der Waals surface area contributed by atoms with E-state index in [0.29, 0.717) is 0 Å². The molecule has 27 nitrogen and oxygen atoms in total. The fourth-order valence-corrected chi connectivity index (χ4v) is 11.1. The highest BCUT2D eigenvalue weighted by Crippen LogP contribution is 2.46. The molecule has 5 aromatic rings. The predicted molar refractivity (Wildman–Crippen MR) is 361 cm³/mol. The van der Waals surface area contributed by atoms with E-state index in [1.54, 1.807) is 116 Å². The van der Waals surface area contributed by atoms with Crippen LogP contribution in [0.1, 0.15) is 157 Å². The number of hydrogen-bond acceptors (Lipinski definition) is 18. The smallest absolute Gasteiger partial charge is 0.435 e. The molecular weight excluding hydrogens is 1270 g/mol. The van der Waals surface area contributed by atoms with Crippen molar-refractivity contribution in [3.05, 3.63) is 138 Å². The summed E-state index contributed by atoms with van der Waals surface area (Å²) in [4.78, 5) is 121. The number of carbonyl (C=O) groups is 9. The second kappa shape index (κ2) is 31.2. The molecule has 0 saturated carbocycles. The molecular formula is C71H89N9O18. The first kappa shape index (κ1) is 75.0. The maximum Gasteiger partial charge on any atom is 0.435 e. The fourth-order valence-electron chi connectivity index (χ4n) is 11.1. The van der Waals surface area contributed by atoms with Crippen LogP contribution in [0, 0.1) is 0 Å². The first-order valence-corrected chi connectivity index (χ1v) is 32.0. The van der Waals surface area contributed by atoms with Crippen LogP contribution in [0.4, 0.5) is 28.8 Å². The summed E-state index contributed by atoms with van der Waals surface area (Å²) < 4.78 is 38.8. The molecule has 0 radical (unpaired) electrons. The van der Waals surface area contributed by atoms with Gasteiger partial charge in [-0.25, -0.2) is 48.0 Å². The van der Waals surface area contributed by atoms with Gasteiger partial charge in [-0.3, -0.25) is 25.2 Å². The number of esters is 1. The van der Waals surface area contributed by atoms with E-state index in [4.69, 9.17) is 33.2 Å². The first-order chi connectivity index (χ1) is 45.7. The lowest BCUT2D eigenvalue weighted by atomic mass is 9.98. The molecule has 526 valence electrons. The van der Waals surface area contributed by atoms with Crippen molar-refractivity contribution in [3.8, 4) is 22.3 Å². The molecule has 98 heavy (non-hydrogen) atoms. The van der Waals surface area contributed by atoms with Crippen LogP contribution < -0.4 is 16.0 Å². The van der Waals surface area contributed by atoms with Crippen LogP contribution in [-0.2, 0) is 47.5 Å². The molecule has 1 aromatic heterocycles. The number of carboxylic acid groups (broad SMARTS) is 2. The third kappa shape index (κ3) is 21.8. The Hall–Kier alpha value is -10.3. The van der Waals surface area contributed by atoms with Gasteiger partial charge in [-0.15, -0.1) is 0 Å². The predicted octanol–water partition coefficient (Wildman–Crippen LogP) is 11.7. The minimum absolute atomic E-state index is 0.0231. The molecule has 2 saturated heterocycles. The fraction of sp³-hybridized carbons (Fsp3) is 0.465. The van der Waals surface area contributed by atoms with E-state index in [1.807, 2.05) is 97.1 Å². The van der Waals surface area contributed by atoms with Gasteiger partial charge in [0.15, 0.2) is 0 Å². The Morgan fingerprint density at radius 2 is 0.888 bits per heavy atom. The van der Waals surface area contributed by atoms with Crippen LogP contribution in [0.25, 0.3) is 22.3 Å². The summed E-state index contributed by atoms with van der Waals surface area (Å²) in [6, 6.07) is 29.8. The van der Waals surface area contributed by atoms with Crippen molar-refractivity contribution in [2.45, 2.75) is 187 Å². The summed E-state index contributed by atoms with van der Waals surface area (Å²) in [6.45, 7) is 25.8. The number of ether oxygens (including phenoxy) is 7. The monoisotopic (exact) mass is 1360 g/mol. The number of fused-ring (bicyclic) bond motifs is 6. The number of nitrogens with zero attached hydrogens (tertiary/aromatic N) is 6. The SMILES string of the molecule is CC(C)(C)OC(=O)CC(=NC(=O)OC(C)(C)C)n1cccn1.CC(C)(C)OC(=O)NC(=N[C@@H]1C[C@@H](C(=O)O)N(C(=O)OCC2c3ccccc3-c3ccccc32)C1)NC(=O)OC(C)(C)C.CC(C)(C)OC(=O)N[C@@H]1C[C@@H](C(=O)O)N(C(=O)OCC2c3ccccc3-c3ccccc32)C1. The zero-order valence-corrected chi connectivity index (χ0v) is 58.0. The van der Waals surface area contributed by atoms with Crippen molar-refractivity contribution in [1.82, 2.24) is 35.5 Å². The molecule has 0 spiro atoms. The van der Waals surface area contributed by atoms with E-state index in [2.05, 4.69) is 31.0 Å². The Kier molecular flexibility index (Phi) is 23.9.